The molecule has 0 radical (unpaired) electrons. The van der Waals surface area contributed by atoms with Crippen molar-refractivity contribution in [2.75, 3.05) is 14.2 Å². The molecule has 0 aromatic heterocycles. The molecule has 0 aromatic carbocycles. The topological polar surface area (TPSA) is 35.5 Å². The lowest BCUT2D eigenvalue weighted by molar-refractivity contribution is -0.141. The first kappa shape index (κ1) is 22.6. The predicted molar refractivity (Wildman–Crippen MR) is 121 cm³/mol. The monoisotopic (exact) mass is 418 g/mol. The van der Waals surface area contributed by atoms with Crippen LogP contribution in [0.25, 0.3) is 0 Å². The minimum atomic E-state index is -0.0483. The lowest BCUT2D eigenvalue weighted by atomic mass is 9.51. The van der Waals surface area contributed by atoms with Gasteiger partial charge in [0.1, 0.15) is 0 Å². The third kappa shape index (κ3) is 3.76. The second-order valence-electron chi connectivity index (χ2n) is 11.8. The standard InChI is InChI=1S/C27H46O3/c1-6-7-8-20-17-27(20)16-19-13-14-26(3)22(18(2)9-12-25(28)30-5)10-11-23(26)21(19)15-24(27)29-4/h18-24H,6-17H2,1-5H3/t18-,19?,20?,21?,22?,23?,24-,26-,27?/m1/s1. The highest BCUT2D eigenvalue weighted by atomic mass is 16.5. The van der Waals surface area contributed by atoms with E-state index in [1.54, 1.807) is 0 Å². The summed E-state index contributed by atoms with van der Waals surface area (Å²) in [5, 5.41) is 0. The van der Waals surface area contributed by atoms with E-state index in [1.165, 1.54) is 71.3 Å². The van der Waals surface area contributed by atoms with E-state index in [0.717, 1.165) is 36.0 Å². The van der Waals surface area contributed by atoms with Crippen molar-refractivity contribution in [3.63, 3.8) is 0 Å². The minimum absolute atomic E-state index is 0.0483. The van der Waals surface area contributed by atoms with Crippen LogP contribution in [0, 0.1) is 46.3 Å². The molecular formula is C27H46O3. The second-order valence-corrected chi connectivity index (χ2v) is 11.8. The maximum atomic E-state index is 11.7. The number of carbonyl (C=O) groups excluding carboxylic acids is 1. The number of fused-ring (bicyclic) bond motifs is 3. The van der Waals surface area contributed by atoms with Crippen LogP contribution in [0.1, 0.15) is 97.8 Å². The summed E-state index contributed by atoms with van der Waals surface area (Å²) in [6.07, 6.45) is 16.0. The maximum Gasteiger partial charge on any atom is 0.305 e. The molecule has 172 valence electrons. The summed E-state index contributed by atoms with van der Waals surface area (Å²) in [5.41, 5.74) is 0.995. The largest absolute Gasteiger partial charge is 0.469 e. The lowest BCUT2D eigenvalue weighted by Gasteiger charge is -2.54. The molecule has 0 heterocycles. The number of rotatable bonds is 8. The van der Waals surface area contributed by atoms with Gasteiger partial charge in [0.15, 0.2) is 0 Å². The highest BCUT2D eigenvalue weighted by Crippen LogP contribution is 2.71. The first-order chi connectivity index (χ1) is 14.4. The SMILES string of the molecule is CCCCC1CC12CC1CC[C@@]3(C)C(CCC3[C@H](C)CCC(=O)OC)C1C[C@H]2OC. The van der Waals surface area contributed by atoms with Crippen LogP contribution >= 0.6 is 0 Å². The van der Waals surface area contributed by atoms with Gasteiger partial charge in [-0.25, -0.2) is 0 Å². The zero-order valence-electron chi connectivity index (χ0n) is 20.3. The molecule has 0 N–H and O–H groups in total. The average molecular weight is 419 g/mol. The molecule has 4 aliphatic carbocycles. The third-order valence-electron chi connectivity index (χ3n) is 10.6. The Hall–Kier alpha value is -0.570. The molecular weight excluding hydrogens is 372 g/mol. The van der Waals surface area contributed by atoms with Gasteiger partial charge in [0, 0.05) is 13.5 Å². The number of hydrogen-bond donors (Lipinski definition) is 0. The summed E-state index contributed by atoms with van der Waals surface area (Å²) in [4.78, 5) is 11.7. The van der Waals surface area contributed by atoms with E-state index in [1.807, 2.05) is 7.11 Å². The summed E-state index contributed by atoms with van der Waals surface area (Å²) in [5.74, 6) is 4.94. The first-order valence-corrected chi connectivity index (χ1v) is 13.0. The van der Waals surface area contributed by atoms with Gasteiger partial charge in [0.2, 0.25) is 0 Å². The van der Waals surface area contributed by atoms with Crippen molar-refractivity contribution in [3.05, 3.63) is 0 Å². The number of unbranched alkanes of at least 4 members (excludes halogenated alkanes) is 1. The van der Waals surface area contributed by atoms with E-state index in [2.05, 4.69) is 20.8 Å². The summed E-state index contributed by atoms with van der Waals surface area (Å²) >= 11 is 0. The molecule has 4 fully saturated rings. The Morgan fingerprint density at radius 2 is 1.97 bits per heavy atom. The van der Waals surface area contributed by atoms with Crippen LogP contribution in [0.4, 0.5) is 0 Å². The van der Waals surface area contributed by atoms with Crippen LogP contribution in [0.15, 0.2) is 0 Å². The Bertz CT molecular complexity index is 617. The molecule has 6 unspecified atom stereocenters. The van der Waals surface area contributed by atoms with Crippen molar-refractivity contribution in [3.8, 4) is 0 Å². The van der Waals surface area contributed by atoms with Crippen LogP contribution in [0.3, 0.4) is 0 Å². The molecule has 30 heavy (non-hydrogen) atoms. The Morgan fingerprint density at radius 3 is 2.67 bits per heavy atom. The molecule has 4 aliphatic rings. The Morgan fingerprint density at radius 1 is 1.17 bits per heavy atom. The van der Waals surface area contributed by atoms with Crippen LogP contribution < -0.4 is 0 Å². The van der Waals surface area contributed by atoms with E-state index >= 15 is 0 Å². The Kier molecular flexibility index (Phi) is 6.60. The van der Waals surface area contributed by atoms with E-state index in [0.29, 0.717) is 29.3 Å². The van der Waals surface area contributed by atoms with Crippen LogP contribution in [-0.2, 0) is 14.3 Å². The van der Waals surface area contributed by atoms with E-state index in [9.17, 15) is 4.79 Å². The van der Waals surface area contributed by atoms with Crippen molar-refractivity contribution in [1.82, 2.24) is 0 Å². The number of hydrogen-bond acceptors (Lipinski definition) is 3. The molecule has 4 rings (SSSR count). The van der Waals surface area contributed by atoms with Crippen molar-refractivity contribution >= 4 is 5.97 Å². The van der Waals surface area contributed by atoms with E-state index in [-0.39, 0.29) is 5.97 Å². The molecule has 0 bridgehead atoms. The van der Waals surface area contributed by atoms with Crippen molar-refractivity contribution in [2.24, 2.45) is 46.3 Å². The van der Waals surface area contributed by atoms with Gasteiger partial charge in [-0.15, -0.1) is 0 Å². The quantitative estimate of drug-likeness (QED) is 0.414. The van der Waals surface area contributed by atoms with Gasteiger partial charge in [-0.1, -0.05) is 33.6 Å². The van der Waals surface area contributed by atoms with Crippen LogP contribution in [-0.4, -0.2) is 26.3 Å². The van der Waals surface area contributed by atoms with E-state index in [4.69, 9.17) is 9.47 Å². The highest BCUT2D eigenvalue weighted by molar-refractivity contribution is 5.69. The number of carbonyl (C=O) groups is 1. The van der Waals surface area contributed by atoms with Gasteiger partial charge in [-0.3, -0.25) is 4.79 Å². The highest BCUT2D eigenvalue weighted by Gasteiger charge is 2.65. The normalized spacial score (nSPS) is 45.6. The van der Waals surface area contributed by atoms with Crippen molar-refractivity contribution in [1.29, 1.82) is 0 Å². The van der Waals surface area contributed by atoms with Gasteiger partial charge in [-0.2, -0.15) is 0 Å². The molecule has 3 heteroatoms. The summed E-state index contributed by atoms with van der Waals surface area (Å²) in [6, 6.07) is 0. The van der Waals surface area contributed by atoms with Crippen LogP contribution in [0.2, 0.25) is 0 Å². The Labute approximate surface area is 185 Å². The molecule has 3 nitrogen and oxygen atoms in total. The fourth-order valence-electron chi connectivity index (χ4n) is 8.92. The van der Waals surface area contributed by atoms with E-state index < -0.39 is 0 Å². The molecule has 9 atom stereocenters. The molecule has 4 saturated carbocycles. The molecule has 0 saturated heterocycles. The molecule has 1 spiro atoms. The van der Waals surface area contributed by atoms with Gasteiger partial charge in [0.05, 0.1) is 13.2 Å². The summed E-state index contributed by atoms with van der Waals surface area (Å²) < 4.78 is 11.1. The number of esters is 1. The summed E-state index contributed by atoms with van der Waals surface area (Å²) in [7, 11) is 3.49. The zero-order chi connectivity index (χ0) is 21.5. The van der Waals surface area contributed by atoms with Gasteiger partial charge in [-0.05, 0) is 104 Å². The zero-order valence-corrected chi connectivity index (χ0v) is 20.3. The van der Waals surface area contributed by atoms with Gasteiger partial charge < -0.3 is 9.47 Å². The first-order valence-electron chi connectivity index (χ1n) is 13.0. The molecule has 0 aliphatic heterocycles. The van der Waals surface area contributed by atoms with Gasteiger partial charge >= 0.3 is 5.97 Å². The van der Waals surface area contributed by atoms with Crippen molar-refractivity contribution < 1.29 is 14.3 Å². The predicted octanol–water partition coefficient (Wildman–Crippen LogP) is 6.64. The number of ether oxygens (including phenoxy) is 2. The summed E-state index contributed by atoms with van der Waals surface area (Å²) in [6.45, 7) is 7.32. The second kappa shape index (κ2) is 8.75. The molecule has 0 amide bonds. The Balaban J connectivity index is 1.43. The maximum absolute atomic E-state index is 11.7. The van der Waals surface area contributed by atoms with Gasteiger partial charge in [0.25, 0.3) is 0 Å². The van der Waals surface area contributed by atoms with Crippen LogP contribution in [0.5, 0.6) is 0 Å². The fourth-order valence-corrected chi connectivity index (χ4v) is 8.92. The molecule has 0 aromatic rings. The average Bonchev–Trinajstić information content (AvgIpc) is 3.30. The fraction of sp³-hybridized carbons (Fsp3) is 0.963. The lowest BCUT2D eigenvalue weighted by Crippen LogP contribution is -2.49. The van der Waals surface area contributed by atoms with Crippen molar-refractivity contribution in [2.45, 2.75) is 104 Å². The minimum Gasteiger partial charge on any atom is -0.469 e. The third-order valence-corrected chi connectivity index (χ3v) is 10.6. The smallest absolute Gasteiger partial charge is 0.305 e. The number of methoxy groups -OCH3 is 2.